The molecule has 3 rings (SSSR count). The topological polar surface area (TPSA) is 74.7 Å². The largest absolute Gasteiger partial charge is 0.383 e. The lowest BCUT2D eigenvalue weighted by molar-refractivity contribution is 0.538. The van der Waals surface area contributed by atoms with Gasteiger partial charge in [-0.25, -0.2) is 4.98 Å². The molecule has 4 nitrogen and oxygen atoms in total. The minimum absolute atomic E-state index is 0.287. The molecule has 0 radical (unpaired) electrons. The van der Waals surface area contributed by atoms with E-state index in [1.54, 1.807) is 6.20 Å². The van der Waals surface area contributed by atoms with E-state index in [1.165, 1.54) is 18.4 Å². The molecule has 0 spiro atoms. The number of hydrogen-bond donors (Lipinski definition) is 2. The van der Waals surface area contributed by atoms with Crippen molar-refractivity contribution in [3.05, 3.63) is 53.7 Å². The molecule has 21 heavy (non-hydrogen) atoms. The van der Waals surface area contributed by atoms with Gasteiger partial charge < -0.3 is 11.1 Å². The summed E-state index contributed by atoms with van der Waals surface area (Å²) >= 11 is 0. The summed E-state index contributed by atoms with van der Waals surface area (Å²) in [5.74, 6) is 0.287. The van der Waals surface area contributed by atoms with Gasteiger partial charge in [-0.2, -0.15) is 5.26 Å². The Labute approximate surface area is 124 Å². The van der Waals surface area contributed by atoms with Crippen molar-refractivity contribution in [2.24, 2.45) is 5.41 Å². The second kappa shape index (κ2) is 5.45. The van der Waals surface area contributed by atoms with Crippen LogP contribution in [0.2, 0.25) is 0 Å². The van der Waals surface area contributed by atoms with Gasteiger partial charge in [0.2, 0.25) is 0 Å². The van der Waals surface area contributed by atoms with Crippen LogP contribution in [0.5, 0.6) is 0 Å². The van der Waals surface area contributed by atoms with Crippen LogP contribution in [0.15, 0.2) is 42.6 Å². The zero-order valence-electron chi connectivity index (χ0n) is 11.8. The number of nitrogens with one attached hydrogen (secondary N) is 1. The number of nitrogen functional groups attached to an aromatic ring is 1. The highest BCUT2D eigenvalue weighted by Crippen LogP contribution is 2.48. The summed E-state index contributed by atoms with van der Waals surface area (Å²) in [5.41, 5.74) is 8.64. The maximum atomic E-state index is 9.17. The number of nitriles is 1. The fourth-order valence-corrected chi connectivity index (χ4v) is 2.65. The maximum Gasteiger partial charge on any atom is 0.143 e. The molecular formula is C17H18N4. The van der Waals surface area contributed by atoms with E-state index in [1.807, 2.05) is 12.1 Å². The molecule has 1 aromatic heterocycles. The van der Waals surface area contributed by atoms with Gasteiger partial charge in [-0.05, 0) is 36.3 Å². The highest BCUT2D eigenvalue weighted by Gasteiger charge is 2.42. The molecule has 0 amide bonds. The Kier molecular flexibility index (Phi) is 3.49. The molecule has 3 N–H and O–H groups in total. The van der Waals surface area contributed by atoms with Crippen molar-refractivity contribution in [1.29, 1.82) is 5.26 Å². The van der Waals surface area contributed by atoms with Gasteiger partial charge in [0.1, 0.15) is 17.5 Å². The first-order valence-corrected chi connectivity index (χ1v) is 7.15. The van der Waals surface area contributed by atoms with Crippen LogP contribution in [-0.2, 0) is 6.42 Å². The van der Waals surface area contributed by atoms with E-state index in [9.17, 15) is 0 Å². The van der Waals surface area contributed by atoms with Crippen molar-refractivity contribution < 1.29 is 0 Å². The molecule has 0 unspecified atom stereocenters. The predicted molar refractivity (Wildman–Crippen MR) is 83.7 cm³/mol. The monoisotopic (exact) mass is 278 g/mol. The van der Waals surface area contributed by atoms with E-state index in [2.05, 4.69) is 40.6 Å². The number of rotatable bonds is 5. The van der Waals surface area contributed by atoms with Gasteiger partial charge in [-0.1, -0.05) is 30.3 Å². The molecule has 0 saturated heterocycles. The average molecular weight is 278 g/mol. The van der Waals surface area contributed by atoms with Gasteiger partial charge in [0.05, 0.1) is 5.69 Å². The lowest BCUT2D eigenvalue weighted by Crippen LogP contribution is -2.18. The molecule has 1 fully saturated rings. The molecule has 2 aromatic rings. The number of nitrogens with zero attached hydrogens (tertiary/aromatic N) is 2. The third kappa shape index (κ3) is 2.97. The minimum atomic E-state index is 0.287. The highest BCUT2D eigenvalue weighted by atomic mass is 14.9. The molecule has 1 aliphatic rings. The molecule has 1 heterocycles. The van der Waals surface area contributed by atoms with Gasteiger partial charge in [-0.3, -0.25) is 0 Å². The summed E-state index contributed by atoms with van der Waals surface area (Å²) in [6.07, 6.45) is 5.15. The van der Waals surface area contributed by atoms with E-state index in [-0.39, 0.29) is 5.82 Å². The van der Waals surface area contributed by atoms with E-state index in [0.717, 1.165) is 18.7 Å². The molecule has 106 valence electrons. The summed E-state index contributed by atoms with van der Waals surface area (Å²) < 4.78 is 0. The minimum Gasteiger partial charge on any atom is -0.383 e. The number of pyridine rings is 1. The van der Waals surface area contributed by atoms with Crippen LogP contribution >= 0.6 is 0 Å². The zero-order valence-corrected chi connectivity index (χ0v) is 11.8. The van der Waals surface area contributed by atoms with Crippen LogP contribution in [0.3, 0.4) is 0 Å². The number of nitrogens with two attached hydrogens (primary N) is 1. The summed E-state index contributed by atoms with van der Waals surface area (Å²) in [7, 11) is 0. The quantitative estimate of drug-likeness (QED) is 0.881. The standard InChI is InChI=1S/C17H18N4/c18-11-14-15(6-9-20-16(14)19)21-12-17(7-8-17)10-13-4-2-1-3-5-13/h1-6,9H,7-8,10,12H2,(H3,19,20,21). The van der Waals surface area contributed by atoms with Crippen LogP contribution < -0.4 is 11.1 Å². The van der Waals surface area contributed by atoms with Crippen LogP contribution in [-0.4, -0.2) is 11.5 Å². The van der Waals surface area contributed by atoms with Crippen LogP contribution in [0.4, 0.5) is 11.5 Å². The molecular weight excluding hydrogens is 260 g/mol. The van der Waals surface area contributed by atoms with Gasteiger partial charge in [0.25, 0.3) is 0 Å². The first-order chi connectivity index (χ1) is 10.2. The second-order valence-corrected chi connectivity index (χ2v) is 5.75. The van der Waals surface area contributed by atoms with Gasteiger partial charge in [-0.15, -0.1) is 0 Å². The zero-order chi connectivity index (χ0) is 14.7. The first kappa shape index (κ1) is 13.4. The lowest BCUT2D eigenvalue weighted by atomic mass is 9.96. The molecule has 4 heteroatoms. The third-order valence-corrected chi connectivity index (χ3v) is 4.12. The van der Waals surface area contributed by atoms with Crippen molar-refractivity contribution >= 4 is 11.5 Å². The van der Waals surface area contributed by atoms with Gasteiger partial charge in [0, 0.05) is 12.7 Å². The fourth-order valence-electron chi connectivity index (χ4n) is 2.65. The molecule has 0 aliphatic heterocycles. The van der Waals surface area contributed by atoms with E-state index >= 15 is 0 Å². The van der Waals surface area contributed by atoms with Crippen LogP contribution in [0, 0.1) is 16.7 Å². The van der Waals surface area contributed by atoms with Crippen LogP contribution in [0.1, 0.15) is 24.0 Å². The number of benzene rings is 1. The number of hydrogen-bond acceptors (Lipinski definition) is 4. The predicted octanol–water partition coefficient (Wildman–Crippen LogP) is 2.97. The number of aromatic nitrogens is 1. The Bertz CT molecular complexity index is 669. The normalized spacial score (nSPS) is 15.2. The van der Waals surface area contributed by atoms with Crippen molar-refractivity contribution in [3.8, 4) is 6.07 Å². The summed E-state index contributed by atoms with van der Waals surface area (Å²) in [6, 6.07) is 14.5. The van der Waals surface area contributed by atoms with Crippen molar-refractivity contribution in [2.45, 2.75) is 19.3 Å². The van der Waals surface area contributed by atoms with Gasteiger partial charge >= 0.3 is 0 Å². The fraction of sp³-hybridized carbons (Fsp3) is 0.294. The highest BCUT2D eigenvalue weighted by molar-refractivity contribution is 5.66. The Morgan fingerprint density at radius 3 is 2.67 bits per heavy atom. The Morgan fingerprint density at radius 2 is 2.00 bits per heavy atom. The summed E-state index contributed by atoms with van der Waals surface area (Å²) in [4.78, 5) is 3.95. The van der Waals surface area contributed by atoms with Crippen LogP contribution in [0.25, 0.3) is 0 Å². The third-order valence-electron chi connectivity index (χ3n) is 4.12. The van der Waals surface area contributed by atoms with Crippen molar-refractivity contribution in [2.75, 3.05) is 17.6 Å². The van der Waals surface area contributed by atoms with Crippen molar-refractivity contribution in [3.63, 3.8) is 0 Å². The lowest BCUT2D eigenvalue weighted by Gasteiger charge is -2.18. The van der Waals surface area contributed by atoms with E-state index in [0.29, 0.717) is 11.0 Å². The average Bonchev–Trinajstić information content (AvgIpc) is 3.26. The molecule has 1 aliphatic carbocycles. The Hall–Kier alpha value is -2.54. The first-order valence-electron chi connectivity index (χ1n) is 7.15. The molecule has 1 aromatic carbocycles. The maximum absolute atomic E-state index is 9.17. The Morgan fingerprint density at radius 1 is 1.24 bits per heavy atom. The van der Waals surface area contributed by atoms with Gasteiger partial charge in [0.15, 0.2) is 0 Å². The van der Waals surface area contributed by atoms with E-state index < -0.39 is 0 Å². The SMILES string of the molecule is N#Cc1c(NCC2(Cc3ccccc3)CC2)ccnc1N. The molecule has 1 saturated carbocycles. The number of anilines is 2. The van der Waals surface area contributed by atoms with Crippen molar-refractivity contribution in [1.82, 2.24) is 4.98 Å². The summed E-state index contributed by atoms with van der Waals surface area (Å²) in [6.45, 7) is 0.861. The molecule has 0 bridgehead atoms. The smallest absolute Gasteiger partial charge is 0.143 e. The Balaban J connectivity index is 1.68. The summed E-state index contributed by atoms with van der Waals surface area (Å²) in [5, 5.41) is 12.6. The molecule has 0 atom stereocenters. The second-order valence-electron chi connectivity index (χ2n) is 5.75. The van der Waals surface area contributed by atoms with E-state index in [4.69, 9.17) is 11.0 Å².